The Morgan fingerprint density at radius 3 is 2.15 bits per heavy atom. The quantitative estimate of drug-likeness (QED) is 0.889. The number of nitrogens with one attached hydrogen (secondary N) is 1. The van der Waals surface area contributed by atoms with E-state index in [1.807, 2.05) is 0 Å². The van der Waals surface area contributed by atoms with Crippen LogP contribution in [0.2, 0.25) is 5.02 Å². The fraction of sp³-hybridized carbons (Fsp3) is 0.200. The van der Waals surface area contributed by atoms with Crippen molar-refractivity contribution in [2.75, 3.05) is 7.05 Å². The van der Waals surface area contributed by atoms with E-state index in [9.17, 15) is 13.2 Å². The van der Waals surface area contributed by atoms with Crippen LogP contribution >= 0.6 is 11.6 Å². The number of hydrogen-bond donors (Lipinski definition) is 1. The fourth-order valence-electron chi connectivity index (χ4n) is 2.12. The second-order valence-corrected chi connectivity index (χ2v) is 4.77. The first kappa shape index (κ1) is 14.9. The maximum absolute atomic E-state index is 13.8. The molecule has 1 unspecified atom stereocenters. The van der Waals surface area contributed by atoms with E-state index < -0.39 is 23.5 Å². The molecule has 0 heterocycles. The standard InChI is InChI=1S/C15H13ClF3N/c1-20-13(14-10(17)5-3-6-11(14)18)8-9-4-2-7-12(19)15(9)16/h2-7,13,20H,8H2,1H3. The van der Waals surface area contributed by atoms with Crippen LogP contribution in [0.15, 0.2) is 36.4 Å². The number of hydrogen-bond acceptors (Lipinski definition) is 1. The van der Waals surface area contributed by atoms with E-state index in [4.69, 9.17) is 11.6 Å². The van der Waals surface area contributed by atoms with Crippen LogP contribution in [-0.4, -0.2) is 7.05 Å². The van der Waals surface area contributed by atoms with E-state index in [2.05, 4.69) is 5.32 Å². The number of rotatable bonds is 4. The smallest absolute Gasteiger partial charge is 0.142 e. The second kappa shape index (κ2) is 6.29. The lowest BCUT2D eigenvalue weighted by Gasteiger charge is -2.19. The van der Waals surface area contributed by atoms with Crippen molar-refractivity contribution in [3.05, 3.63) is 70.0 Å². The van der Waals surface area contributed by atoms with Gasteiger partial charge in [-0.05, 0) is 37.2 Å². The minimum Gasteiger partial charge on any atom is -0.313 e. The Morgan fingerprint density at radius 2 is 1.55 bits per heavy atom. The van der Waals surface area contributed by atoms with Gasteiger partial charge in [0.05, 0.1) is 5.02 Å². The third-order valence-corrected chi connectivity index (χ3v) is 3.58. The number of benzene rings is 2. The van der Waals surface area contributed by atoms with Crippen LogP contribution in [0, 0.1) is 17.5 Å². The molecule has 2 aromatic rings. The van der Waals surface area contributed by atoms with E-state index in [-0.39, 0.29) is 17.0 Å². The molecule has 0 fully saturated rings. The molecule has 2 rings (SSSR count). The molecule has 1 N–H and O–H groups in total. The molecule has 0 aromatic heterocycles. The Kier molecular flexibility index (Phi) is 4.68. The van der Waals surface area contributed by atoms with Gasteiger partial charge in [0.25, 0.3) is 0 Å². The SMILES string of the molecule is CNC(Cc1cccc(F)c1Cl)c1c(F)cccc1F. The molecule has 1 atom stereocenters. The van der Waals surface area contributed by atoms with Crippen LogP contribution in [0.4, 0.5) is 13.2 Å². The fourth-order valence-corrected chi connectivity index (χ4v) is 2.32. The zero-order valence-corrected chi connectivity index (χ0v) is 11.5. The maximum Gasteiger partial charge on any atom is 0.142 e. The molecule has 0 bridgehead atoms. The molecule has 5 heteroatoms. The lowest BCUT2D eigenvalue weighted by atomic mass is 9.98. The van der Waals surface area contributed by atoms with Gasteiger partial charge in [0.1, 0.15) is 17.5 Å². The van der Waals surface area contributed by atoms with Crippen LogP contribution < -0.4 is 5.32 Å². The number of likely N-dealkylation sites (N-methyl/N-ethyl adjacent to an activating group) is 1. The molecule has 0 aliphatic rings. The summed E-state index contributed by atoms with van der Waals surface area (Å²) in [4.78, 5) is 0. The Balaban J connectivity index is 2.37. The van der Waals surface area contributed by atoms with Gasteiger partial charge in [-0.15, -0.1) is 0 Å². The highest BCUT2D eigenvalue weighted by Gasteiger charge is 2.20. The van der Waals surface area contributed by atoms with Crippen molar-refractivity contribution in [1.29, 1.82) is 0 Å². The monoisotopic (exact) mass is 299 g/mol. The Morgan fingerprint density at radius 1 is 1.00 bits per heavy atom. The van der Waals surface area contributed by atoms with Crippen molar-refractivity contribution >= 4 is 11.6 Å². The summed E-state index contributed by atoms with van der Waals surface area (Å²) in [5, 5.41) is 2.81. The van der Waals surface area contributed by atoms with E-state index in [0.717, 1.165) is 0 Å². The molecule has 0 saturated heterocycles. The van der Waals surface area contributed by atoms with Gasteiger partial charge in [0.15, 0.2) is 0 Å². The third kappa shape index (κ3) is 2.97. The van der Waals surface area contributed by atoms with Gasteiger partial charge in [0, 0.05) is 11.6 Å². The topological polar surface area (TPSA) is 12.0 Å². The Hall–Kier alpha value is -1.52. The van der Waals surface area contributed by atoms with Crippen molar-refractivity contribution < 1.29 is 13.2 Å². The first-order valence-corrected chi connectivity index (χ1v) is 6.46. The predicted octanol–water partition coefficient (Wildman–Crippen LogP) is 4.26. The van der Waals surface area contributed by atoms with Gasteiger partial charge in [-0.2, -0.15) is 0 Å². The summed E-state index contributed by atoms with van der Waals surface area (Å²) in [6, 6.07) is 7.44. The average Bonchev–Trinajstić information content (AvgIpc) is 2.42. The van der Waals surface area contributed by atoms with Crippen molar-refractivity contribution in [3.8, 4) is 0 Å². The van der Waals surface area contributed by atoms with Gasteiger partial charge in [-0.1, -0.05) is 29.8 Å². The summed E-state index contributed by atoms with van der Waals surface area (Å²) in [5.74, 6) is -1.83. The van der Waals surface area contributed by atoms with E-state index >= 15 is 0 Å². The molecule has 0 aliphatic heterocycles. The van der Waals surface area contributed by atoms with E-state index in [1.165, 1.54) is 30.3 Å². The molecule has 2 aromatic carbocycles. The molecule has 0 spiro atoms. The summed E-state index contributed by atoms with van der Waals surface area (Å²) in [6.45, 7) is 0. The number of halogens is 4. The first-order chi connectivity index (χ1) is 9.54. The molecular formula is C15H13ClF3N. The molecule has 106 valence electrons. The highest BCUT2D eigenvalue weighted by molar-refractivity contribution is 6.31. The molecule has 20 heavy (non-hydrogen) atoms. The van der Waals surface area contributed by atoms with Crippen molar-refractivity contribution in [1.82, 2.24) is 5.32 Å². The minimum atomic E-state index is -0.642. The highest BCUT2D eigenvalue weighted by atomic mass is 35.5. The molecule has 0 amide bonds. The third-order valence-electron chi connectivity index (χ3n) is 3.15. The minimum absolute atomic E-state index is 0.0236. The Bertz CT molecular complexity index is 596. The van der Waals surface area contributed by atoms with Gasteiger partial charge in [-0.25, -0.2) is 13.2 Å². The van der Waals surface area contributed by atoms with Crippen LogP contribution in [0.3, 0.4) is 0 Å². The van der Waals surface area contributed by atoms with Gasteiger partial charge < -0.3 is 5.32 Å². The highest BCUT2D eigenvalue weighted by Crippen LogP contribution is 2.28. The normalized spacial score (nSPS) is 12.4. The summed E-state index contributed by atoms with van der Waals surface area (Å²) < 4.78 is 41.0. The summed E-state index contributed by atoms with van der Waals surface area (Å²) >= 11 is 5.87. The average molecular weight is 300 g/mol. The van der Waals surface area contributed by atoms with Crippen molar-refractivity contribution in [2.24, 2.45) is 0 Å². The van der Waals surface area contributed by atoms with Crippen LogP contribution in [0.1, 0.15) is 17.2 Å². The first-order valence-electron chi connectivity index (χ1n) is 6.08. The summed E-state index contributed by atoms with van der Waals surface area (Å²) in [5.41, 5.74) is 0.420. The lowest BCUT2D eigenvalue weighted by Crippen LogP contribution is -2.21. The predicted molar refractivity (Wildman–Crippen MR) is 73.3 cm³/mol. The van der Waals surface area contributed by atoms with Crippen LogP contribution in [0.25, 0.3) is 0 Å². The summed E-state index contributed by atoms with van der Waals surface area (Å²) in [7, 11) is 1.59. The zero-order valence-electron chi connectivity index (χ0n) is 10.8. The van der Waals surface area contributed by atoms with Gasteiger partial charge in [-0.3, -0.25) is 0 Å². The van der Waals surface area contributed by atoms with Gasteiger partial charge >= 0.3 is 0 Å². The van der Waals surface area contributed by atoms with Gasteiger partial charge in [0.2, 0.25) is 0 Å². The second-order valence-electron chi connectivity index (χ2n) is 4.39. The van der Waals surface area contributed by atoms with Crippen molar-refractivity contribution in [3.63, 3.8) is 0 Å². The Labute approximate surface area is 120 Å². The molecule has 1 nitrogen and oxygen atoms in total. The van der Waals surface area contributed by atoms with E-state index in [1.54, 1.807) is 13.1 Å². The van der Waals surface area contributed by atoms with E-state index in [0.29, 0.717) is 5.56 Å². The van der Waals surface area contributed by atoms with Crippen LogP contribution in [-0.2, 0) is 6.42 Å². The maximum atomic E-state index is 13.8. The van der Waals surface area contributed by atoms with Crippen molar-refractivity contribution in [2.45, 2.75) is 12.5 Å². The van der Waals surface area contributed by atoms with Crippen LogP contribution in [0.5, 0.6) is 0 Å². The molecule has 0 aliphatic carbocycles. The molecular weight excluding hydrogens is 287 g/mol. The largest absolute Gasteiger partial charge is 0.313 e. The zero-order chi connectivity index (χ0) is 14.7. The molecule has 0 radical (unpaired) electrons. The molecule has 0 saturated carbocycles. The summed E-state index contributed by atoms with van der Waals surface area (Å²) in [6.07, 6.45) is 0.185. The lowest BCUT2D eigenvalue weighted by molar-refractivity contribution is 0.488.